The SMILES string of the molecule is CNC1CCCN(C(=O)c2ccc(N3CCCC3)c(F)c2)C1.Cl.Cl. The number of amides is 1. The molecule has 2 fully saturated rings. The predicted octanol–water partition coefficient (Wildman–Crippen LogP) is 3.09. The lowest BCUT2D eigenvalue weighted by molar-refractivity contribution is 0.0697. The molecule has 0 saturated carbocycles. The highest BCUT2D eigenvalue weighted by atomic mass is 35.5. The topological polar surface area (TPSA) is 35.6 Å². The molecule has 0 aromatic heterocycles. The fourth-order valence-corrected chi connectivity index (χ4v) is 3.43. The van der Waals surface area contributed by atoms with Crippen molar-refractivity contribution in [1.82, 2.24) is 10.2 Å². The lowest BCUT2D eigenvalue weighted by Crippen LogP contribution is -2.47. The number of nitrogens with zero attached hydrogens (tertiary/aromatic N) is 2. The van der Waals surface area contributed by atoms with Crippen LogP contribution in [0, 0.1) is 5.82 Å². The first-order valence-corrected chi connectivity index (χ1v) is 8.20. The minimum Gasteiger partial charge on any atom is -0.369 e. The highest BCUT2D eigenvalue weighted by Gasteiger charge is 2.24. The summed E-state index contributed by atoms with van der Waals surface area (Å²) in [6, 6.07) is 5.26. The van der Waals surface area contributed by atoms with Crippen molar-refractivity contribution in [2.24, 2.45) is 0 Å². The summed E-state index contributed by atoms with van der Waals surface area (Å²) in [6.45, 7) is 3.26. The molecule has 2 aliphatic rings. The van der Waals surface area contributed by atoms with Crippen LogP contribution >= 0.6 is 24.8 Å². The molecular weight excluding hydrogens is 352 g/mol. The second kappa shape index (κ2) is 9.44. The van der Waals surface area contributed by atoms with Crippen molar-refractivity contribution < 1.29 is 9.18 Å². The van der Waals surface area contributed by atoms with Crippen molar-refractivity contribution in [3.8, 4) is 0 Å². The molecule has 1 aromatic carbocycles. The number of hydrogen-bond donors (Lipinski definition) is 1. The quantitative estimate of drug-likeness (QED) is 0.878. The van der Waals surface area contributed by atoms with Crippen LogP contribution in [0.4, 0.5) is 10.1 Å². The summed E-state index contributed by atoms with van der Waals surface area (Å²) < 4.78 is 14.3. The van der Waals surface area contributed by atoms with Gasteiger partial charge in [0.2, 0.25) is 0 Å². The average molecular weight is 378 g/mol. The highest BCUT2D eigenvalue weighted by Crippen LogP contribution is 2.25. The largest absolute Gasteiger partial charge is 0.369 e. The minimum atomic E-state index is -0.282. The Morgan fingerprint density at radius 2 is 1.88 bits per heavy atom. The zero-order valence-corrected chi connectivity index (χ0v) is 15.6. The van der Waals surface area contributed by atoms with E-state index in [2.05, 4.69) is 10.2 Å². The third-order valence-electron chi connectivity index (χ3n) is 4.76. The van der Waals surface area contributed by atoms with Crippen LogP contribution < -0.4 is 10.2 Å². The number of anilines is 1. The van der Waals surface area contributed by atoms with Crippen LogP contribution in [0.2, 0.25) is 0 Å². The van der Waals surface area contributed by atoms with Crippen LogP contribution in [-0.2, 0) is 0 Å². The molecular formula is C17H26Cl2FN3O. The van der Waals surface area contributed by atoms with Gasteiger partial charge in [0.25, 0.3) is 5.91 Å². The van der Waals surface area contributed by atoms with E-state index in [0.29, 0.717) is 23.8 Å². The number of likely N-dealkylation sites (tertiary alicyclic amines) is 1. The molecule has 3 rings (SSSR count). The molecule has 2 aliphatic heterocycles. The van der Waals surface area contributed by atoms with Gasteiger partial charge in [-0.05, 0) is 50.9 Å². The van der Waals surface area contributed by atoms with Crippen molar-refractivity contribution in [3.63, 3.8) is 0 Å². The summed E-state index contributed by atoms with van der Waals surface area (Å²) >= 11 is 0. The third kappa shape index (κ3) is 4.52. The molecule has 0 radical (unpaired) electrons. The van der Waals surface area contributed by atoms with E-state index in [1.165, 1.54) is 6.07 Å². The van der Waals surface area contributed by atoms with Crippen molar-refractivity contribution in [3.05, 3.63) is 29.6 Å². The highest BCUT2D eigenvalue weighted by molar-refractivity contribution is 5.94. The molecule has 7 heteroatoms. The van der Waals surface area contributed by atoms with Gasteiger partial charge >= 0.3 is 0 Å². The van der Waals surface area contributed by atoms with E-state index in [1.54, 1.807) is 12.1 Å². The molecule has 0 bridgehead atoms. The maximum absolute atomic E-state index is 14.3. The molecule has 1 aromatic rings. The normalized spacial score (nSPS) is 20.3. The standard InChI is InChI=1S/C17H24FN3O.2ClH/c1-19-14-5-4-10-21(12-14)17(22)13-6-7-16(15(18)11-13)20-8-2-3-9-20;;/h6-7,11,14,19H,2-5,8-10,12H2,1H3;2*1H. The molecule has 2 heterocycles. The van der Waals surface area contributed by atoms with E-state index in [0.717, 1.165) is 45.3 Å². The molecule has 0 aliphatic carbocycles. The molecule has 1 N–H and O–H groups in total. The summed E-state index contributed by atoms with van der Waals surface area (Å²) in [7, 11) is 1.92. The number of halogens is 3. The molecule has 0 spiro atoms. The van der Waals surface area contributed by atoms with Crippen LogP contribution in [0.25, 0.3) is 0 Å². The fourth-order valence-electron chi connectivity index (χ4n) is 3.43. The van der Waals surface area contributed by atoms with Gasteiger partial charge in [0.05, 0.1) is 5.69 Å². The van der Waals surface area contributed by atoms with Crippen molar-refractivity contribution in [2.45, 2.75) is 31.7 Å². The maximum Gasteiger partial charge on any atom is 0.254 e. The molecule has 24 heavy (non-hydrogen) atoms. The molecule has 4 nitrogen and oxygen atoms in total. The number of rotatable bonds is 3. The van der Waals surface area contributed by atoms with Gasteiger partial charge in [-0.25, -0.2) is 4.39 Å². The Bertz CT molecular complexity index is 553. The number of benzene rings is 1. The number of nitrogens with one attached hydrogen (secondary N) is 1. The summed E-state index contributed by atoms with van der Waals surface area (Å²) in [5.41, 5.74) is 1.08. The number of carbonyl (C=O) groups excluding carboxylic acids is 1. The summed E-state index contributed by atoms with van der Waals surface area (Å²) in [6.07, 6.45) is 4.30. The maximum atomic E-state index is 14.3. The van der Waals surface area contributed by atoms with Crippen LogP contribution in [-0.4, -0.2) is 50.1 Å². The monoisotopic (exact) mass is 377 g/mol. The lowest BCUT2D eigenvalue weighted by Gasteiger charge is -2.32. The van der Waals surface area contributed by atoms with E-state index in [9.17, 15) is 9.18 Å². The van der Waals surface area contributed by atoms with Gasteiger partial charge in [0, 0.05) is 37.8 Å². The molecule has 1 atom stereocenters. The van der Waals surface area contributed by atoms with Crippen molar-refractivity contribution in [2.75, 3.05) is 38.1 Å². The van der Waals surface area contributed by atoms with Crippen LogP contribution in [0.1, 0.15) is 36.0 Å². The number of likely N-dealkylation sites (N-methyl/N-ethyl adjacent to an activating group) is 1. The lowest BCUT2D eigenvalue weighted by atomic mass is 10.0. The molecule has 1 unspecified atom stereocenters. The van der Waals surface area contributed by atoms with Gasteiger partial charge in [-0.15, -0.1) is 24.8 Å². The summed E-state index contributed by atoms with van der Waals surface area (Å²) in [5, 5.41) is 3.22. The molecule has 2 saturated heterocycles. The Labute approximate surface area is 155 Å². The number of carbonyl (C=O) groups is 1. The second-order valence-electron chi connectivity index (χ2n) is 6.24. The van der Waals surface area contributed by atoms with Gasteiger partial charge in [-0.1, -0.05) is 0 Å². The van der Waals surface area contributed by atoms with E-state index in [-0.39, 0.29) is 36.5 Å². The first-order chi connectivity index (χ1) is 10.7. The Balaban J connectivity index is 0.00000144. The summed E-state index contributed by atoms with van der Waals surface area (Å²) in [5.74, 6) is -0.346. The van der Waals surface area contributed by atoms with E-state index >= 15 is 0 Å². The van der Waals surface area contributed by atoms with Gasteiger partial charge < -0.3 is 15.1 Å². The van der Waals surface area contributed by atoms with Crippen molar-refractivity contribution >= 4 is 36.4 Å². The van der Waals surface area contributed by atoms with Gasteiger partial charge in [0.1, 0.15) is 5.82 Å². The first kappa shape index (κ1) is 21.0. The smallest absolute Gasteiger partial charge is 0.254 e. The second-order valence-corrected chi connectivity index (χ2v) is 6.24. The van der Waals surface area contributed by atoms with Crippen LogP contribution in [0.15, 0.2) is 18.2 Å². The zero-order chi connectivity index (χ0) is 15.5. The zero-order valence-electron chi connectivity index (χ0n) is 14.0. The van der Waals surface area contributed by atoms with Gasteiger partial charge in [-0.3, -0.25) is 4.79 Å². The Morgan fingerprint density at radius 3 is 2.50 bits per heavy atom. The third-order valence-corrected chi connectivity index (χ3v) is 4.76. The van der Waals surface area contributed by atoms with E-state index in [1.807, 2.05) is 11.9 Å². The first-order valence-electron chi connectivity index (χ1n) is 8.20. The van der Waals surface area contributed by atoms with Gasteiger partial charge in [0.15, 0.2) is 0 Å². The van der Waals surface area contributed by atoms with Crippen LogP contribution in [0.5, 0.6) is 0 Å². The van der Waals surface area contributed by atoms with Gasteiger partial charge in [-0.2, -0.15) is 0 Å². The van der Waals surface area contributed by atoms with E-state index in [4.69, 9.17) is 0 Å². The summed E-state index contributed by atoms with van der Waals surface area (Å²) in [4.78, 5) is 16.4. The number of hydrogen-bond acceptors (Lipinski definition) is 3. The minimum absolute atomic E-state index is 0. The average Bonchev–Trinajstić information content (AvgIpc) is 3.08. The Morgan fingerprint density at radius 1 is 1.17 bits per heavy atom. The van der Waals surface area contributed by atoms with E-state index < -0.39 is 0 Å². The predicted molar refractivity (Wildman–Crippen MR) is 100 cm³/mol. The number of piperidine rings is 1. The Kier molecular flexibility index (Phi) is 8.27. The molecule has 1 amide bonds. The van der Waals surface area contributed by atoms with Crippen molar-refractivity contribution in [1.29, 1.82) is 0 Å². The fraction of sp³-hybridized carbons (Fsp3) is 0.588. The van der Waals surface area contributed by atoms with Crippen LogP contribution in [0.3, 0.4) is 0 Å². The molecule has 136 valence electrons. The Hall–Kier alpha value is -1.04.